The third-order valence-corrected chi connectivity index (χ3v) is 5.46. The van der Waals surface area contributed by atoms with E-state index in [-0.39, 0.29) is 0 Å². The average molecular weight is 304 g/mol. The number of nitrogens with zero attached hydrogens (tertiary/aromatic N) is 1. The molecule has 1 N–H and O–H groups in total. The summed E-state index contributed by atoms with van der Waals surface area (Å²) in [4.78, 5) is 0. The number of rotatable bonds is 2. The van der Waals surface area contributed by atoms with E-state index in [0.29, 0.717) is 17.8 Å². The minimum absolute atomic E-state index is 0.577. The minimum Gasteiger partial charge on any atom is -0.281 e. The zero-order valence-electron chi connectivity index (χ0n) is 14.1. The molecular formula is C21H24N2. The smallest absolute Gasteiger partial charge is 0.0964 e. The minimum atomic E-state index is 0.577. The highest BCUT2D eigenvalue weighted by Gasteiger charge is 2.32. The maximum atomic E-state index is 4.78. The Bertz CT molecular complexity index is 839. The number of H-pyrrole nitrogens is 1. The third-order valence-electron chi connectivity index (χ3n) is 5.46. The second-order valence-electron chi connectivity index (χ2n) is 7.26. The number of aromatic amines is 1. The molecule has 2 nitrogen and oxygen atoms in total. The maximum absolute atomic E-state index is 4.78. The van der Waals surface area contributed by atoms with Crippen molar-refractivity contribution in [1.82, 2.24) is 10.2 Å². The fraction of sp³-hybridized carbons (Fsp3) is 0.381. The van der Waals surface area contributed by atoms with Gasteiger partial charge in [-0.25, -0.2) is 0 Å². The summed E-state index contributed by atoms with van der Waals surface area (Å²) in [6, 6.07) is 15.1. The normalized spacial score (nSPS) is 20.9. The van der Waals surface area contributed by atoms with Crippen LogP contribution in [-0.2, 0) is 0 Å². The number of benzene rings is 2. The van der Waals surface area contributed by atoms with Crippen molar-refractivity contribution in [3.8, 4) is 11.3 Å². The lowest BCUT2D eigenvalue weighted by Gasteiger charge is -2.29. The van der Waals surface area contributed by atoms with E-state index < -0.39 is 0 Å². The largest absolute Gasteiger partial charge is 0.281 e. The molecule has 0 amide bonds. The van der Waals surface area contributed by atoms with Gasteiger partial charge in [0.25, 0.3) is 0 Å². The second kappa shape index (κ2) is 5.52. The van der Waals surface area contributed by atoms with E-state index in [1.807, 2.05) is 0 Å². The zero-order chi connectivity index (χ0) is 16.0. The topological polar surface area (TPSA) is 28.7 Å². The monoisotopic (exact) mass is 304 g/mol. The first kappa shape index (κ1) is 14.5. The Kier molecular flexibility index (Phi) is 3.48. The highest BCUT2D eigenvalue weighted by molar-refractivity contribution is 5.96. The van der Waals surface area contributed by atoms with E-state index in [1.165, 1.54) is 40.4 Å². The highest BCUT2D eigenvalue weighted by Crippen LogP contribution is 2.45. The van der Waals surface area contributed by atoms with Gasteiger partial charge >= 0.3 is 0 Å². The van der Waals surface area contributed by atoms with Crippen molar-refractivity contribution in [3.05, 3.63) is 53.7 Å². The van der Waals surface area contributed by atoms with Crippen LogP contribution in [0.15, 0.2) is 42.5 Å². The van der Waals surface area contributed by atoms with Crippen LogP contribution >= 0.6 is 0 Å². The zero-order valence-corrected chi connectivity index (χ0v) is 14.1. The third kappa shape index (κ3) is 2.28. The van der Waals surface area contributed by atoms with E-state index in [4.69, 9.17) is 5.10 Å². The number of hydrogen-bond acceptors (Lipinski definition) is 1. The molecule has 3 aromatic rings. The molecule has 0 spiro atoms. The lowest BCUT2D eigenvalue weighted by Crippen LogP contribution is -2.16. The van der Waals surface area contributed by atoms with Crippen molar-refractivity contribution < 1.29 is 0 Å². The maximum Gasteiger partial charge on any atom is 0.0964 e. The average Bonchev–Trinajstić information content (AvgIpc) is 3.00. The molecule has 0 saturated carbocycles. The molecule has 118 valence electrons. The highest BCUT2D eigenvalue weighted by atomic mass is 15.1. The fourth-order valence-electron chi connectivity index (χ4n) is 4.17. The van der Waals surface area contributed by atoms with Crippen LogP contribution in [0.5, 0.6) is 0 Å². The number of nitrogens with one attached hydrogen (secondary N) is 1. The lowest BCUT2D eigenvalue weighted by molar-refractivity contribution is 0.403. The molecule has 1 aliphatic rings. The standard InChI is InChI=1S/C21H24N2/c1-13(2)16-12-11-14(3)19-20(16)22-23-21(19)18-10-6-8-15-7-4-5-9-17(15)18/h4-10,13-14,16H,11-12H2,1-3H3,(H,22,23). The van der Waals surface area contributed by atoms with Crippen LogP contribution in [0.3, 0.4) is 0 Å². The molecule has 2 unspecified atom stereocenters. The summed E-state index contributed by atoms with van der Waals surface area (Å²) < 4.78 is 0. The van der Waals surface area contributed by atoms with Gasteiger partial charge in [0, 0.05) is 22.7 Å². The van der Waals surface area contributed by atoms with Crippen LogP contribution < -0.4 is 0 Å². The van der Waals surface area contributed by atoms with E-state index in [1.54, 1.807) is 0 Å². The first-order valence-corrected chi connectivity index (χ1v) is 8.73. The summed E-state index contributed by atoms with van der Waals surface area (Å²) in [5.41, 5.74) is 5.25. The Morgan fingerprint density at radius 3 is 2.65 bits per heavy atom. The van der Waals surface area contributed by atoms with Gasteiger partial charge < -0.3 is 0 Å². The summed E-state index contributed by atoms with van der Waals surface area (Å²) in [5, 5.41) is 10.8. The molecule has 2 aromatic carbocycles. The molecule has 0 radical (unpaired) electrons. The second-order valence-corrected chi connectivity index (χ2v) is 7.26. The van der Waals surface area contributed by atoms with E-state index in [2.05, 4.69) is 68.3 Å². The molecule has 23 heavy (non-hydrogen) atoms. The van der Waals surface area contributed by atoms with Gasteiger partial charge in [0.2, 0.25) is 0 Å². The molecule has 0 aliphatic heterocycles. The van der Waals surface area contributed by atoms with Gasteiger partial charge in [-0.15, -0.1) is 0 Å². The van der Waals surface area contributed by atoms with Gasteiger partial charge in [-0.2, -0.15) is 5.10 Å². The number of aromatic nitrogens is 2. The molecule has 1 heterocycles. The first-order valence-electron chi connectivity index (χ1n) is 8.73. The molecular weight excluding hydrogens is 280 g/mol. The first-order chi connectivity index (χ1) is 11.2. The van der Waals surface area contributed by atoms with Crippen molar-refractivity contribution in [2.24, 2.45) is 5.92 Å². The van der Waals surface area contributed by atoms with E-state index >= 15 is 0 Å². The molecule has 2 heteroatoms. The predicted octanol–water partition coefficient (Wildman–Crippen LogP) is 5.87. The Morgan fingerprint density at radius 2 is 1.83 bits per heavy atom. The van der Waals surface area contributed by atoms with Crippen molar-refractivity contribution in [3.63, 3.8) is 0 Å². The van der Waals surface area contributed by atoms with Crippen LogP contribution in [0, 0.1) is 5.92 Å². The Morgan fingerprint density at radius 1 is 1.04 bits per heavy atom. The van der Waals surface area contributed by atoms with Crippen LogP contribution in [0.4, 0.5) is 0 Å². The molecule has 2 atom stereocenters. The van der Waals surface area contributed by atoms with Crippen LogP contribution in [0.1, 0.15) is 56.7 Å². The predicted molar refractivity (Wildman–Crippen MR) is 96.8 cm³/mol. The van der Waals surface area contributed by atoms with Gasteiger partial charge in [-0.1, -0.05) is 63.2 Å². The van der Waals surface area contributed by atoms with E-state index in [9.17, 15) is 0 Å². The molecule has 0 fully saturated rings. The molecule has 1 aromatic heterocycles. The van der Waals surface area contributed by atoms with Gasteiger partial charge in [-0.3, -0.25) is 5.10 Å². The Labute approximate surface area is 137 Å². The van der Waals surface area contributed by atoms with Gasteiger partial charge in [-0.05, 0) is 35.4 Å². The molecule has 1 aliphatic carbocycles. The van der Waals surface area contributed by atoms with Crippen LogP contribution in [0.2, 0.25) is 0 Å². The van der Waals surface area contributed by atoms with Crippen molar-refractivity contribution in [1.29, 1.82) is 0 Å². The number of fused-ring (bicyclic) bond motifs is 2. The SMILES string of the molecule is CC1CCC(C(C)C)c2[nH]nc(-c3cccc4ccccc34)c21. The number of hydrogen-bond donors (Lipinski definition) is 1. The summed E-state index contributed by atoms with van der Waals surface area (Å²) in [7, 11) is 0. The van der Waals surface area contributed by atoms with Crippen LogP contribution in [-0.4, -0.2) is 10.2 Å². The molecule has 4 rings (SSSR count). The molecule has 0 saturated heterocycles. The van der Waals surface area contributed by atoms with E-state index in [0.717, 1.165) is 5.69 Å². The van der Waals surface area contributed by atoms with Gasteiger partial charge in [0.15, 0.2) is 0 Å². The summed E-state index contributed by atoms with van der Waals surface area (Å²) >= 11 is 0. The summed E-state index contributed by atoms with van der Waals surface area (Å²) in [5.74, 6) is 1.84. The quantitative estimate of drug-likeness (QED) is 0.630. The lowest BCUT2D eigenvalue weighted by atomic mass is 9.75. The van der Waals surface area contributed by atoms with Crippen LogP contribution in [0.25, 0.3) is 22.0 Å². The fourth-order valence-corrected chi connectivity index (χ4v) is 4.17. The Hall–Kier alpha value is -2.09. The summed E-state index contributed by atoms with van der Waals surface area (Å²) in [6.07, 6.45) is 2.52. The van der Waals surface area contributed by atoms with Crippen molar-refractivity contribution in [2.45, 2.75) is 45.4 Å². The van der Waals surface area contributed by atoms with Gasteiger partial charge in [0.05, 0.1) is 5.69 Å². The molecule has 0 bridgehead atoms. The van der Waals surface area contributed by atoms with Crippen molar-refractivity contribution in [2.75, 3.05) is 0 Å². The Balaban J connectivity index is 1.94. The van der Waals surface area contributed by atoms with Gasteiger partial charge in [0.1, 0.15) is 0 Å². The summed E-state index contributed by atoms with van der Waals surface area (Å²) in [6.45, 7) is 6.99. The van der Waals surface area contributed by atoms with Crippen molar-refractivity contribution >= 4 is 10.8 Å².